The van der Waals surface area contributed by atoms with E-state index in [4.69, 9.17) is 9.40 Å². The van der Waals surface area contributed by atoms with E-state index in [1.807, 2.05) is 60.7 Å². The highest BCUT2D eigenvalue weighted by molar-refractivity contribution is 5.93. The number of fused-ring (bicyclic) bond motifs is 3. The molecule has 0 saturated heterocycles. The number of hydrogen-bond donors (Lipinski definition) is 1. The fraction of sp³-hybridized carbons (Fsp3) is 0. The molecule has 2 aromatic carbocycles. The van der Waals surface area contributed by atoms with Crippen LogP contribution in [-0.4, -0.2) is 25.8 Å². The standard InChI is InChI=1S/C20H14N6O/c1-2-7-14(8-3-1)22-20-23-17-11-5-4-10-16(17)18-24-25-19(26(18)20)21-13-15-9-6-12-27-15/h1-13H,(H,22,23). The molecule has 0 radical (unpaired) electrons. The maximum Gasteiger partial charge on any atom is 0.258 e. The molecule has 7 heteroatoms. The predicted octanol–water partition coefficient (Wildman–Crippen LogP) is 4.36. The van der Waals surface area contributed by atoms with Crippen molar-refractivity contribution in [1.29, 1.82) is 0 Å². The number of anilines is 2. The molecule has 0 bridgehead atoms. The molecule has 0 atom stereocenters. The molecule has 0 amide bonds. The number of furan rings is 1. The number of aromatic nitrogens is 4. The van der Waals surface area contributed by atoms with E-state index < -0.39 is 0 Å². The Bertz CT molecular complexity index is 1240. The van der Waals surface area contributed by atoms with E-state index in [0.29, 0.717) is 23.3 Å². The van der Waals surface area contributed by atoms with Gasteiger partial charge in [-0.3, -0.25) is 0 Å². The monoisotopic (exact) mass is 354 g/mol. The van der Waals surface area contributed by atoms with Gasteiger partial charge in [0.25, 0.3) is 5.95 Å². The van der Waals surface area contributed by atoms with Crippen LogP contribution >= 0.6 is 0 Å². The predicted molar refractivity (Wildman–Crippen MR) is 104 cm³/mol. The molecule has 0 saturated carbocycles. The zero-order valence-electron chi connectivity index (χ0n) is 14.1. The smallest absolute Gasteiger partial charge is 0.258 e. The van der Waals surface area contributed by atoms with E-state index >= 15 is 0 Å². The lowest BCUT2D eigenvalue weighted by atomic mass is 10.2. The Morgan fingerprint density at radius 3 is 2.63 bits per heavy atom. The van der Waals surface area contributed by atoms with Crippen LogP contribution in [0, 0.1) is 0 Å². The number of benzene rings is 2. The van der Waals surface area contributed by atoms with Gasteiger partial charge in [0.2, 0.25) is 5.95 Å². The van der Waals surface area contributed by atoms with Crippen LogP contribution in [0.1, 0.15) is 5.76 Å². The lowest BCUT2D eigenvalue weighted by Gasteiger charge is -2.10. The minimum absolute atomic E-state index is 0.415. The molecular weight excluding hydrogens is 340 g/mol. The molecule has 27 heavy (non-hydrogen) atoms. The first-order chi connectivity index (χ1) is 13.4. The molecule has 3 aromatic heterocycles. The van der Waals surface area contributed by atoms with Crippen molar-refractivity contribution in [2.45, 2.75) is 0 Å². The molecule has 7 nitrogen and oxygen atoms in total. The average Bonchev–Trinajstić information content (AvgIpc) is 3.37. The fourth-order valence-corrected chi connectivity index (χ4v) is 2.87. The molecule has 0 aliphatic rings. The maximum atomic E-state index is 5.30. The van der Waals surface area contributed by atoms with E-state index in [1.54, 1.807) is 22.9 Å². The average molecular weight is 354 g/mol. The van der Waals surface area contributed by atoms with Crippen LogP contribution < -0.4 is 5.32 Å². The number of aliphatic imine (C=N–C) groups is 1. The Morgan fingerprint density at radius 1 is 0.926 bits per heavy atom. The molecular formula is C20H14N6O. The zero-order valence-corrected chi connectivity index (χ0v) is 14.1. The summed E-state index contributed by atoms with van der Waals surface area (Å²) in [4.78, 5) is 9.19. The molecule has 130 valence electrons. The number of rotatable bonds is 4. The molecule has 0 aliphatic heterocycles. The quantitative estimate of drug-likeness (QED) is 0.485. The summed E-state index contributed by atoms with van der Waals surface area (Å²) in [5.74, 6) is 1.64. The third-order valence-electron chi connectivity index (χ3n) is 4.11. The Balaban J connectivity index is 1.71. The topological polar surface area (TPSA) is 80.6 Å². The van der Waals surface area contributed by atoms with E-state index in [0.717, 1.165) is 16.6 Å². The van der Waals surface area contributed by atoms with Gasteiger partial charge in [0.15, 0.2) is 5.65 Å². The van der Waals surface area contributed by atoms with Crippen LogP contribution in [0.3, 0.4) is 0 Å². The fourth-order valence-electron chi connectivity index (χ4n) is 2.87. The Labute approximate surface area is 154 Å². The van der Waals surface area contributed by atoms with Gasteiger partial charge < -0.3 is 9.73 Å². The minimum Gasteiger partial charge on any atom is -0.463 e. The van der Waals surface area contributed by atoms with Gasteiger partial charge in [0, 0.05) is 11.1 Å². The van der Waals surface area contributed by atoms with Gasteiger partial charge in [-0.25, -0.2) is 14.4 Å². The highest BCUT2D eigenvalue weighted by Gasteiger charge is 2.14. The van der Waals surface area contributed by atoms with Crippen molar-refractivity contribution in [2.24, 2.45) is 4.99 Å². The summed E-state index contributed by atoms with van der Waals surface area (Å²) in [6.07, 6.45) is 3.21. The van der Waals surface area contributed by atoms with Crippen molar-refractivity contribution >= 4 is 40.3 Å². The van der Waals surface area contributed by atoms with Crippen molar-refractivity contribution in [1.82, 2.24) is 19.6 Å². The highest BCUT2D eigenvalue weighted by atomic mass is 16.3. The maximum absolute atomic E-state index is 5.30. The second-order valence-corrected chi connectivity index (χ2v) is 5.88. The van der Waals surface area contributed by atoms with Crippen LogP contribution in [0.2, 0.25) is 0 Å². The second-order valence-electron chi connectivity index (χ2n) is 5.88. The van der Waals surface area contributed by atoms with Gasteiger partial charge in [-0.15, -0.1) is 10.2 Å². The van der Waals surface area contributed by atoms with E-state index in [1.165, 1.54) is 0 Å². The summed E-state index contributed by atoms with van der Waals surface area (Å²) in [6, 6.07) is 21.3. The first-order valence-corrected chi connectivity index (χ1v) is 8.42. The molecule has 5 aromatic rings. The summed E-state index contributed by atoms with van der Waals surface area (Å²) < 4.78 is 7.10. The van der Waals surface area contributed by atoms with Crippen LogP contribution in [-0.2, 0) is 0 Å². The Morgan fingerprint density at radius 2 is 1.78 bits per heavy atom. The van der Waals surface area contributed by atoms with Gasteiger partial charge in [0.05, 0.1) is 18.0 Å². The van der Waals surface area contributed by atoms with Gasteiger partial charge in [0.1, 0.15) is 5.76 Å². The van der Waals surface area contributed by atoms with Crippen molar-refractivity contribution < 1.29 is 4.42 Å². The number of hydrogen-bond acceptors (Lipinski definition) is 6. The largest absolute Gasteiger partial charge is 0.463 e. The summed E-state index contributed by atoms with van der Waals surface area (Å²) in [5.41, 5.74) is 2.43. The molecule has 1 N–H and O–H groups in total. The van der Waals surface area contributed by atoms with Gasteiger partial charge in [-0.05, 0) is 36.4 Å². The first-order valence-electron chi connectivity index (χ1n) is 8.42. The van der Waals surface area contributed by atoms with E-state index in [2.05, 4.69) is 20.5 Å². The number of nitrogens with one attached hydrogen (secondary N) is 1. The summed E-state index contributed by atoms with van der Waals surface area (Å²) in [6.45, 7) is 0. The van der Waals surface area contributed by atoms with Crippen LogP contribution in [0.4, 0.5) is 17.6 Å². The molecule has 0 aliphatic carbocycles. The van der Waals surface area contributed by atoms with Crippen molar-refractivity contribution in [3.63, 3.8) is 0 Å². The van der Waals surface area contributed by atoms with Crippen molar-refractivity contribution in [3.05, 3.63) is 78.8 Å². The zero-order chi connectivity index (χ0) is 18.1. The highest BCUT2D eigenvalue weighted by Crippen LogP contribution is 2.26. The number of para-hydroxylation sites is 2. The second kappa shape index (κ2) is 6.38. The first kappa shape index (κ1) is 15.3. The number of nitrogens with zero attached hydrogens (tertiary/aromatic N) is 5. The van der Waals surface area contributed by atoms with Gasteiger partial charge in [-0.2, -0.15) is 0 Å². The van der Waals surface area contributed by atoms with Crippen molar-refractivity contribution in [2.75, 3.05) is 5.32 Å². The lowest BCUT2D eigenvalue weighted by molar-refractivity contribution is 0.560. The lowest BCUT2D eigenvalue weighted by Crippen LogP contribution is -2.02. The Hall–Kier alpha value is -4.00. The van der Waals surface area contributed by atoms with Gasteiger partial charge in [-0.1, -0.05) is 30.3 Å². The molecule has 0 fully saturated rings. The third-order valence-corrected chi connectivity index (χ3v) is 4.11. The minimum atomic E-state index is 0.415. The summed E-state index contributed by atoms with van der Waals surface area (Å²) in [5, 5.41) is 12.8. The summed E-state index contributed by atoms with van der Waals surface area (Å²) in [7, 11) is 0. The van der Waals surface area contributed by atoms with E-state index in [-0.39, 0.29) is 0 Å². The van der Waals surface area contributed by atoms with Crippen LogP contribution in [0.5, 0.6) is 0 Å². The van der Waals surface area contributed by atoms with Gasteiger partial charge >= 0.3 is 0 Å². The van der Waals surface area contributed by atoms with Crippen LogP contribution in [0.25, 0.3) is 16.6 Å². The molecule has 5 rings (SSSR count). The normalized spacial score (nSPS) is 11.6. The van der Waals surface area contributed by atoms with E-state index in [9.17, 15) is 0 Å². The molecule has 0 unspecified atom stereocenters. The third kappa shape index (κ3) is 2.81. The SMILES string of the molecule is C(=Nc1nnc2c3ccccc3nc(Nc3ccccc3)n12)c1ccco1. The van der Waals surface area contributed by atoms with Crippen LogP contribution in [0.15, 0.2) is 82.4 Å². The molecule has 3 heterocycles. The van der Waals surface area contributed by atoms with Crippen molar-refractivity contribution in [3.8, 4) is 0 Å². The Kier molecular flexibility index (Phi) is 3.61. The molecule has 0 spiro atoms. The summed E-state index contributed by atoms with van der Waals surface area (Å²) >= 11 is 0.